The normalized spacial score (nSPS) is 30.2. The summed E-state index contributed by atoms with van der Waals surface area (Å²) in [6, 6.07) is 7.64. The van der Waals surface area contributed by atoms with Gasteiger partial charge in [0.15, 0.2) is 9.84 Å². The van der Waals surface area contributed by atoms with Crippen molar-refractivity contribution >= 4 is 9.84 Å². The molecule has 0 N–H and O–H groups in total. The molecule has 2 unspecified atom stereocenters. The van der Waals surface area contributed by atoms with E-state index < -0.39 is 33.1 Å². The lowest BCUT2D eigenvalue weighted by atomic mass is 9.84. The first-order valence-corrected chi connectivity index (χ1v) is 7.57. The smallest absolute Gasteiger partial charge is 0.226 e. The first kappa shape index (κ1) is 14.1. The molecule has 1 aliphatic rings. The summed E-state index contributed by atoms with van der Waals surface area (Å²) in [4.78, 5) is 0. The molecule has 0 fully saturated rings. The van der Waals surface area contributed by atoms with Crippen LogP contribution in [-0.2, 0) is 9.84 Å². The fourth-order valence-corrected chi connectivity index (χ4v) is 3.63. The Morgan fingerprint density at radius 1 is 1.16 bits per heavy atom. The van der Waals surface area contributed by atoms with E-state index in [2.05, 4.69) is 0 Å². The average molecular weight is 290 g/mol. The van der Waals surface area contributed by atoms with Crippen LogP contribution in [-0.4, -0.2) is 25.6 Å². The Kier molecular flexibility index (Phi) is 3.24. The molecule has 19 heavy (non-hydrogen) atoms. The van der Waals surface area contributed by atoms with Gasteiger partial charge in [0.25, 0.3) is 10.9 Å². The van der Waals surface area contributed by atoms with E-state index in [0.717, 1.165) is 6.08 Å². The standard InChI is InChI=1S/C13H13F3O2S/c1-19(17,18)13(16)11(8-5-9-12(13,14)15)10-6-3-2-4-7-10/h2-8,11H,9H2,1H3. The lowest BCUT2D eigenvalue weighted by Crippen LogP contribution is -2.55. The largest absolute Gasteiger partial charge is 0.300 e. The number of alkyl halides is 3. The van der Waals surface area contributed by atoms with E-state index in [1.807, 2.05) is 0 Å². The molecule has 0 radical (unpaired) electrons. The van der Waals surface area contributed by atoms with E-state index in [4.69, 9.17) is 0 Å². The van der Waals surface area contributed by atoms with Crippen molar-refractivity contribution in [1.82, 2.24) is 0 Å². The van der Waals surface area contributed by atoms with Crippen LogP contribution >= 0.6 is 0 Å². The Hall–Kier alpha value is -1.30. The van der Waals surface area contributed by atoms with Crippen molar-refractivity contribution in [3.8, 4) is 0 Å². The van der Waals surface area contributed by atoms with Gasteiger partial charge in [-0.05, 0) is 5.56 Å². The molecule has 6 heteroatoms. The number of rotatable bonds is 2. The van der Waals surface area contributed by atoms with Crippen molar-refractivity contribution in [3.05, 3.63) is 48.0 Å². The summed E-state index contributed by atoms with van der Waals surface area (Å²) < 4.78 is 65.8. The Morgan fingerprint density at radius 3 is 2.26 bits per heavy atom. The van der Waals surface area contributed by atoms with Crippen molar-refractivity contribution in [2.75, 3.05) is 6.26 Å². The van der Waals surface area contributed by atoms with Gasteiger partial charge in [0.1, 0.15) is 0 Å². The van der Waals surface area contributed by atoms with E-state index in [0.29, 0.717) is 6.26 Å². The number of allylic oxidation sites excluding steroid dienone is 2. The molecule has 0 bridgehead atoms. The van der Waals surface area contributed by atoms with Gasteiger partial charge in [0, 0.05) is 12.7 Å². The highest BCUT2D eigenvalue weighted by atomic mass is 32.2. The predicted molar refractivity (Wildman–Crippen MR) is 66.6 cm³/mol. The molecule has 0 amide bonds. The molecule has 0 saturated carbocycles. The van der Waals surface area contributed by atoms with Crippen molar-refractivity contribution in [3.63, 3.8) is 0 Å². The van der Waals surface area contributed by atoms with Crippen LogP contribution in [0, 0.1) is 0 Å². The van der Waals surface area contributed by atoms with Gasteiger partial charge in [-0.2, -0.15) is 0 Å². The minimum absolute atomic E-state index is 0.214. The lowest BCUT2D eigenvalue weighted by molar-refractivity contribution is -0.102. The maximum Gasteiger partial charge on any atom is 0.300 e. The fraction of sp³-hybridized carbons (Fsp3) is 0.385. The summed E-state index contributed by atoms with van der Waals surface area (Å²) in [5, 5.41) is -3.61. The van der Waals surface area contributed by atoms with Crippen LogP contribution < -0.4 is 0 Å². The van der Waals surface area contributed by atoms with Crippen LogP contribution in [0.1, 0.15) is 17.9 Å². The second-order valence-corrected chi connectivity index (χ2v) is 6.78. The minimum Gasteiger partial charge on any atom is -0.226 e. The molecule has 0 saturated heterocycles. The molecule has 0 aromatic heterocycles. The highest BCUT2D eigenvalue weighted by Gasteiger charge is 2.66. The second-order valence-electron chi connectivity index (χ2n) is 4.64. The van der Waals surface area contributed by atoms with Crippen LogP contribution in [0.5, 0.6) is 0 Å². The van der Waals surface area contributed by atoms with E-state index >= 15 is 0 Å². The van der Waals surface area contributed by atoms with Gasteiger partial charge in [-0.3, -0.25) is 0 Å². The molecule has 0 aliphatic heterocycles. The summed E-state index contributed by atoms with van der Waals surface area (Å²) in [6.45, 7) is 0. The SMILES string of the molecule is CS(=O)(=O)C1(F)C(c2ccccc2)C=CCC1(F)F. The van der Waals surface area contributed by atoms with Crippen LogP contribution in [0.15, 0.2) is 42.5 Å². The molecular formula is C13H13F3O2S. The van der Waals surface area contributed by atoms with Gasteiger partial charge in [-0.25, -0.2) is 21.6 Å². The zero-order valence-corrected chi connectivity index (χ0v) is 11.0. The van der Waals surface area contributed by atoms with E-state index in [9.17, 15) is 21.6 Å². The van der Waals surface area contributed by atoms with Crippen LogP contribution in [0.25, 0.3) is 0 Å². The lowest BCUT2D eigenvalue weighted by Gasteiger charge is -2.39. The third-order valence-corrected chi connectivity index (χ3v) is 4.93. The van der Waals surface area contributed by atoms with Gasteiger partial charge in [0.2, 0.25) is 0 Å². The number of halogens is 3. The predicted octanol–water partition coefficient (Wildman–Crippen LogP) is 3.08. The topological polar surface area (TPSA) is 34.1 Å². The van der Waals surface area contributed by atoms with Gasteiger partial charge in [0.05, 0.1) is 5.92 Å². The Balaban J connectivity index is 2.66. The summed E-state index contributed by atoms with van der Waals surface area (Å²) in [5.74, 6) is -5.46. The van der Waals surface area contributed by atoms with Crippen molar-refractivity contribution in [1.29, 1.82) is 0 Å². The zero-order valence-electron chi connectivity index (χ0n) is 10.2. The molecule has 1 aromatic rings. The average Bonchev–Trinajstić information content (AvgIpc) is 2.32. The first-order valence-electron chi connectivity index (χ1n) is 5.68. The molecule has 0 spiro atoms. The second kappa shape index (κ2) is 4.37. The fourth-order valence-electron chi connectivity index (χ4n) is 2.33. The summed E-state index contributed by atoms with van der Waals surface area (Å²) >= 11 is 0. The zero-order chi connectivity index (χ0) is 14.3. The highest BCUT2D eigenvalue weighted by Crippen LogP contribution is 2.52. The van der Waals surface area contributed by atoms with Crippen LogP contribution in [0.4, 0.5) is 13.2 Å². The van der Waals surface area contributed by atoms with Crippen LogP contribution in [0.3, 0.4) is 0 Å². The number of sulfone groups is 1. The molecule has 1 aromatic carbocycles. The number of benzene rings is 1. The molecule has 2 nitrogen and oxygen atoms in total. The van der Waals surface area contributed by atoms with Crippen molar-refractivity contribution in [2.45, 2.75) is 23.3 Å². The van der Waals surface area contributed by atoms with E-state index in [-0.39, 0.29) is 5.56 Å². The highest BCUT2D eigenvalue weighted by molar-refractivity contribution is 7.92. The maximum atomic E-state index is 14.8. The summed E-state index contributed by atoms with van der Waals surface area (Å²) in [5.41, 5.74) is 0.214. The van der Waals surface area contributed by atoms with Gasteiger partial charge in [-0.1, -0.05) is 42.5 Å². The summed E-state index contributed by atoms with van der Waals surface area (Å²) in [7, 11) is -4.60. The molecule has 0 heterocycles. The number of hydrogen-bond acceptors (Lipinski definition) is 2. The number of hydrogen-bond donors (Lipinski definition) is 0. The van der Waals surface area contributed by atoms with Crippen LogP contribution in [0.2, 0.25) is 0 Å². The van der Waals surface area contributed by atoms with Gasteiger partial charge >= 0.3 is 0 Å². The van der Waals surface area contributed by atoms with E-state index in [1.54, 1.807) is 18.2 Å². The summed E-state index contributed by atoms with van der Waals surface area (Å²) in [6.07, 6.45) is 1.92. The first-order chi connectivity index (χ1) is 8.70. The van der Waals surface area contributed by atoms with Gasteiger partial charge < -0.3 is 0 Å². The maximum absolute atomic E-state index is 14.8. The third-order valence-electron chi connectivity index (χ3n) is 3.30. The molecule has 2 rings (SSSR count). The van der Waals surface area contributed by atoms with Crippen molar-refractivity contribution < 1.29 is 21.6 Å². The Labute approximate surface area is 109 Å². The van der Waals surface area contributed by atoms with E-state index in [1.165, 1.54) is 18.2 Å². The molecular weight excluding hydrogens is 277 g/mol. The van der Waals surface area contributed by atoms with Gasteiger partial charge in [-0.15, -0.1) is 0 Å². The quantitative estimate of drug-likeness (QED) is 0.784. The molecule has 104 valence electrons. The molecule has 2 atom stereocenters. The Morgan fingerprint density at radius 2 is 1.74 bits per heavy atom. The minimum atomic E-state index is -4.60. The molecule has 1 aliphatic carbocycles. The third kappa shape index (κ3) is 2.08. The van der Waals surface area contributed by atoms with Crippen molar-refractivity contribution in [2.24, 2.45) is 0 Å². The monoisotopic (exact) mass is 290 g/mol. The Bertz CT molecular complexity index is 596.